The van der Waals surface area contributed by atoms with Gasteiger partial charge in [0, 0.05) is 12.2 Å². The van der Waals surface area contributed by atoms with E-state index in [0.29, 0.717) is 17.3 Å². The summed E-state index contributed by atoms with van der Waals surface area (Å²) in [5.74, 6) is 0. The minimum absolute atomic E-state index is 0.214. The Morgan fingerprint density at radius 3 is 2.82 bits per heavy atom. The second-order valence-corrected chi connectivity index (χ2v) is 3.99. The number of alkyl halides is 2. The lowest BCUT2D eigenvalue weighted by Crippen LogP contribution is -2.13. The second kappa shape index (κ2) is 6.61. The molecule has 0 unspecified atom stereocenters. The van der Waals surface area contributed by atoms with E-state index in [1.807, 2.05) is 6.92 Å². The summed E-state index contributed by atoms with van der Waals surface area (Å²) in [6.07, 6.45) is -2.43. The van der Waals surface area contributed by atoms with E-state index in [0.717, 1.165) is 11.3 Å². The van der Waals surface area contributed by atoms with E-state index in [9.17, 15) is 8.78 Å². The summed E-state index contributed by atoms with van der Waals surface area (Å²) in [5, 5.41) is 3.51. The number of hydrogen-bond acceptors (Lipinski definition) is 3. The first-order chi connectivity index (χ1) is 8.00. The van der Waals surface area contributed by atoms with E-state index < -0.39 is 13.0 Å². The zero-order chi connectivity index (χ0) is 12.8. The molecule has 3 nitrogen and oxygen atoms in total. The number of ether oxygens (including phenoxy) is 1. The number of nitrogens with one attached hydrogen (secondary N) is 1. The molecule has 3 N–H and O–H groups in total. The van der Waals surface area contributed by atoms with Gasteiger partial charge in [0.15, 0.2) is 0 Å². The molecule has 1 aromatic carbocycles. The fourth-order valence-corrected chi connectivity index (χ4v) is 1.49. The zero-order valence-electron chi connectivity index (χ0n) is 9.47. The average molecular weight is 265 g/mol. The van der Waals surface area contributed by atoms with Crippen molar-refractivity contribution in [2.75, 3.05) is 30.8 Å². The molecule has 96 valence electrons. The normalized spacial score (nSPS) is 10.9. The summed E-state index contributed by atoms with van der Waals surface area (Å²) in [6, 6.07) is 3.46. The smallest absolute Gasteiger partial charge is 0.261 e. The first-order valence-electron chi connectivity index (χ1n) is 5.16. The predicted octanol–water partition coefficient (Wildman–Crippen LogP) is 2.92. The van der Waals surface area contributed by atoms with Crippen LogP contribution >= 0.6 is 11.6 Å². The molecule has 0 atom stereocenters. The highest BCUT2D eigenvalue weighted by Crippen LogP contribution is 2.26. The molecule has 0 fully saturated rings. The molecule has 1 rings (SSSR count). The monoisotopic (exact) mass is 264 g/mol. The molecule has 1 aromatic rings. The van der Waals surface area contributed by atoms with Gasteiger partial charge in [0.1, 0.15) is 6.61 Å². The zero-order valence-corrected chi connectivity index (χ0v) is 10.2. The van der Waals surface area contributed by atoms with Gasteiger partial charge in [0.2, 0.25) is 0 Å². The first-order valence-corrected chi connectivity index (χ1v) is 5.54. The number of benzene rings is 1. The molecule has 0 amide bonds. The molecular weight excluding hydrogens is 250 g/mol. The van der Waals surface area contributed by atoms with Crippen molar-refractivity contribution in [2.24, 2.45) is 0 Å². The molecule has 0 aromatic heterocycles. The van der Waals surface area contributed by atoms with Gasteiger partial charge in [-0.1, -0.05) is 11.6 Å². The van der Waals surface area contributed by atoms with Crippen LogP contribution in [0, 0.1) is 6.92 Å². The molecule has 0 heterocycles. The number of hydrogen-bond donors (Lipinski definition) is 2. The van der Waals surface area contributed by atoms with Gasteiger partial charge in [-0.3, -0.25) is 0 Å². The van der Waals surface area contributed by atoms with Crippen LogP contribution in [0.2, 0.25) is 5.02 Å². The molecule has 0 radical (unpaired) electrons. The topological polar surface area (TPSA) is 47.3 Å². The quantitative estimate of drug-likeness (QED) is 0.613. The Morgan fingerprint density at radius 1 is 1.47 bits per heavy atom. The SMILES string of the molecule is Cc1cc(N)c(Cl)cc1NCCOCC(F)F. The number of halogens is 3. The van der Waals surface area contributed by atoms with Crippen LogP contribution in [0.25, 0.3) is 0 Å². The van der Waals surface area contributed by atoms with Crippen molar-refractivity contribution in [2.45, 2.75) is 13.3 Å². The number of nitrogen functional groups attached to an aromatic ring is 1. The maximum Gasteiger partial charge on any atom is 0.261 e. The van der Waals surface area contributed by atoms with Crippen molar-refractivity contribution >= 4 is 23.0 Å². The van der Waals surface area contributed by atoms with Gasteiger partial charge in [-0.25, -0.2) is 8.78 Å². The van der Waals surface area contributed by atoms with E-state index in [1.54, 1.807) is 12.1 Å². The average Bonchev–Trinajstić information content (AvgIpc) is 2.24. The van der Waals surface area contributed by atoms with Crippen LogP contribution in [0.1, 0.15) is 5.56 Å². The van der Waals surface area contributed by atoms with Crippen molar-refractivity contribution in [3.05, 3.63) is 22.7 Å². The molecule has 0 bridgehead atoms. The molecule has 17 heavy (non-hydrogen) atoms. The van der Waals surface area contributed by atoms with Crippen LogP contribution in [0.15, 0.2) is 12.1 Å². The van der Waals surface area contributed by atoms with E-state index >= 15 is 0 Å². The van der Waals surface area contributed by atoms with Gasteiger partial charge in [-0.05, 0) is 24.6 Å². The maximum atomic E-state index is 11.8. The lowest BCUT2D eigenvalue weighted by atomic mass is 10.2. The van der Waals surface area contributed by atoms with Gasteiger partial charge in [-0.15, -0.1) is 0 Å². The molecule has 0 aliphatic carbocycles. The van der Waals surface area contributed by atoms with E-state index in [2.05, 4.69) is 5.32 Å². The first kappa shape index (κ1) is 14.0. The van der Waals surface area contributed by atoms with Gasteiger partial charge < -0.3 is 15.8 Å². The van der Waals surface area contributed by atoms with Crippen molar-refractivity contribution in [3.63, 3.8) is 0 Å². The third-order valence-electron chi connectivity index (χ3n) is 2.15. The highest BCUT2D eigenvalue weighted by molar-refractivity contribution is 6.33. The van der Waals surface area contributed by atoms with Crippen LogP contribution in [0.3, 0.4) is 0 Å². The van der Waals surface area contributed by atoms with Gasteiger partial charge in [-0.2, -0.15) is 0 Å². The lowest BCUT2D eigenvalue weighted by molar-refractivity contribution is 0.0215. The fraction of sp³-hybridized carbons (Fsp3) is 0.455. The maximum absolute atomic E-state index is 11.8. The summed E-state index contributed by atoms with van der Waals surface area (Å²) in [7, 11) is 0. The van der Waals surface area contributed by atoms with Crippen LogP contribution in [0.5, 0.6) is 0 Å². The third-order valence-corrected chi connectivity index (χ3v) is 2.48. The van der Waals surface area contributed by atoms with Crippen LogP contribution in [0.4, 0.5) is 20.2 Å². The minimum Gasteiger partial charge on any atom is -0.398 e. The van der Waals surface area contributed by atoms with Gasteiger partial charge in [0.05, 0.1) is 17.3 Å². The van der Waals surface area contributed by atoms with Crippen LogP contribution in [-0.4, -0.2) is 26.2 Å². The molecule has 6 heteroatoms. The van der Waals surface area contributed by atoms with Crippen molar-refractivity contribution < 1.29 is 13.5 Å². The molecule has 0 spiro atoms. The third kappa shape index (κ3) is 4.75. The number of anilines is 2. The lowest BCUT2D eigenvalue weighted by Gasteiger charge is -2.11. The Bertz CT molecular complexity index is 375. The van der Waals surface area contributed by atoms with E-state index in [1.165, 1.54) is 0 Å². The van der Waals surface area contributed by atoms with Gasteiger partial charge >= 0.3 is 0 Å². The van der Waals surface area contributed by atoms with Crippen molar-refractivity contribution in [3.8, 4) is 0 Å². The summed E-state index contributed by atoms with van der Waals surface area (Å²) in [5.41, 5.74) is 7.92. The highest BCUT2D eigenvalue weighted by atomic mass is 35.5. The Labute approximate surface area is 104 Å². The minimum atomic E-state index is -2.43. The Morgan fingerprint density at radius 2 is 2.18 bits per heavy atom. The molecule has 0 aliphatic heterocycles. The number of rotatable bonds is 6. The van der Waals surface area contributed by atoms with Crippen molar-refractivity contribution in [1.29, 1.82) is 0 Å². The molecular formula is C11H15ClF2N2O. The molecule has 0 saturated carbocycles. The summed E-state index contributed by atoms with van der Waals surface area (Å²) >= 11 is 5.87. The Balaban J connectivity index is 2.39. The van der Waals surface area contributed by atoms with Crippen LogP contribution < -0.4 is 11.1 Å². The largest absolute Gasteiger partial charge is 0.398 e. The van der Waals surface area contributed by atoms with Crippen LogP contribution in [-0.2, 0) is 4.74 Å². The van der Waals surface area contributed by atoms with Gasteiger partial charge in [0.25, 0.3) is 6.43 Å². The number of nitrogens with two attached hydrogens (primary N) is 1. The summed E-state index contributed by atoms with van der Waals surface area (Å²) in [6.45, 7) is 2.00. The summed E-state index contributed by atoms with van der Waals surface area (Å²) in [4.78, 5) is 0. The van der Waals surface area contributed by atoms with Crippen molar-refractivity contribution in [1.82, 2.24) is 0 Å². The standard InChI is InChI=1S/C11H15ClF2N2O/c1-7-4-9(15)8(12)5-10(7)16-2-3-17-6-11(13)14/h4-5,11,16H,2-3,6,15H2,1H3. The number of aryl methyl sites for hydroxylation is 1. The van der Waals surface area contributed by atoms with E-state index in [4.69, 9.17) is 22.1 Å². The second-order valence-electron chi connectivity index (χ2n) is 3.58. The molecule has 0 aliphatic rings. The predicted molar refractivity (Wildman–Crippen MR) is 65.9 cm³/mol. The Hall–Kier alpha value is -1.07. The Kier molecular flexibility index (Phi) is 5.44. The fourth-order valence-electron chi connectivity index (χ4n) is 1.32. The highest BCUT2D eigenvalue weighted by Gasteiger charge is 2.04. The molecule has 0 saturated heterocycles. The van der Waals surface area contributed by atoms with E-state index in [-0.39, 0.29) is 6.61 Å². The summed E-state index contributed by atoms with van der Waals surface area (Å²) < 4.78 is 28.3.